The highest BCUT2D eigenvalue weighted by atomic mass is 14.6. The molecule has 0 aromatic carbocycles. The second-order valence-corrected chi connectivity index (χ2v) is 10.4. The fourth-order valence-corrected chi connectivity index (χ4v) is 5.28. The van der Waals surface area contributed by atoms with Crippen molar-refractivity contribution >= 4 is 6.21 Å². The van der Waals surface area contributed by atoms with Gasteiger partial charge in [-0.25, -0.2) is 0 Å². The van der Waals surface area contributed by atoms with Crippen LogP contribution in [-0.2, 0) is 0 Å². The molecule has 0 saturated carbocycles. The minimum atomic E-state index is -0.0276. The molecule has 1 heteroatoms. The molecule has 0 radical (unpaired) electrons. The maximum absolute atomic E-state index is 4.23. The molecule has 0 saturated heterocycles. The molecule has 0 spiro atoms. The third-order valence-electron chi connectivity index (χ3n) is 7.93. The molecule has 1 aliphatic rings. The van der Waals surface area contributed by atoms with Gasteiger partial charge >= 0.3 is 0 Å². The summed E-state index contributed by atoms with van der Waals surface area (Å²) >= 11 is 0. The van der Waals surface area contributed by atoms with Gasteiger partial charge < -0.3 is 0 Å². The van der Waals surface area contributed by atoms with Crippen LogP contribution in [-0.4, -0.2) is 13.3 Å². The summed E-state index contributed by atoms with van der Waals surface area (Å²) in [4.78, 5) is 4.11. The molecule has 0 aromatic heterocycles. The molecular weight excluding hydrogens is 410 g/mol. The summed E-state index contributed by atoms with van der Waals surface area (Å²) in [5, 5.41) is 0. The lowest BCUT2D eigenvalue weighted by Gasteiger charge is -2.51. The predicted molar refractivity (Wildman–Crippen MR) is 156 cm³/mol. The largest absolute Gasteiger partial charge is 0.297 e. The lowest BCUT2D eigenvalue weighted by atomic mass is 9.53. The van der Waals surface area contributed by atoms with Gasteiger partial charge in [0.15, 0.2) is 0 Å². The van der Waals surface area contributed by atoms with Gasteiger partial charge in [-0.1, -0.05) is 81.4 Å². The lowest BCUT2D eigenvalue weighted by Crippen LogP contribution is -2.43. The smallest absolute Gasteiger partial charge is 0.0277 e. The van der Waals surface area contributed by atoms with E-state index in [4.69, 9.17) is 0 Å². The summed E-state index contributed by atoms with van der Waals surface area (Å²) in [5.41, 5.74) is 7.21. The molecular formula is C33H51N. The number of aliphatic imine (C=N–C) groups is 1. The first kappa shape index (κ1) is 29.9. The van der Waals surface area contributed by atoms with Crippen molar-refractivity contribution in [2.75, 3.05) is 7.05 Å². The first-order valence-electron chi connectivity index (χ1n) is 13.2. The van der Waals surface area contributed by atoms with E-state index < -0.39 is 0 Å². The molecule has 1 aliphatic carbocycles. The SMILES string of the molecule is C=C(C)CCC(C)(C=CC)C(C)(C=CCC)C1CC=CC(C/C=C\C=N/C)=C1/C(C)=C(/C)CC. The molecule has 34 heavy (non-hydrogen) atoms. The van der Waals surface area contributed by atoms with Gasteiger partial charge in [-0.3, -0.25) is 4.99 Å². The van der Waals surface area contributed by atoms with Crippen LogP contribution in [0.2, 0.25) is 0 Å². The van der Waals surface area contributed by atoms with Crippen LogP contribution >= 0.6 is 0 Å². The van der Waals surface area contributed by atoms with Crippen LogP contribution in [0.3, 0.4) is 0 Å². The average Bonchev–Trinajstić information content (AvgIpc) is 2.82. The first-order chi connectivity index (χ1) is 16.1. The van der Waals surface area contributed by atoms with E-state index in [1.807, 2.05) is 13.3 Å². The lowest BCUT2D eigenvalue weighted by molar-refractivity contribution is 0.108. The van der Waals surface area contributed by atoms with Gasteiger partial charge in [0.1, 0.15) is 0 Å². The minimum absolute atomic E-state index is 0.0175. The van der Waals surface area contributed by atoms with E-state index in [0.717, 1.165) is 38.5 Å². The topological polar surface area (TPSA) is 12.4 Å². The molecule has 1 nitrogen and oxygen atoms in total. The van der Waals surface area contributed by atoms with Gasteiger partial charge in [-0.2, -0.15) is 0 Å². The molecule has 0 N–H and O–H groups in total. The van der Waals surface area contributed by atoms with Gasteiger partial charge in [-0.15, -0.1) is 6.58 Å². The van der Waals surface area contributed by atoms with Crippen LogP contribution in [0.15, 0.2) is 88.0 Å². The van der Waals surface area contributed by atoms with Crippen molar-refractivity contribution in [2.45, 2.75) is 93.9 Å². The second-order valence-electron chi connectivity index (χ2n) is 10.4. The minimum Gasteiger partial charge on any atom is -0.297 e. The number of hydrogen-bond donors (Lipinski definition) is 0. The van der Waals surface area contributed by atoms with Crippen molar-refractivity contribution in [1.82, 2.24) is 0 Å². The Balaban J connectivity index is 3.86. The third kappa shape index (κ3) is 7.42. The van der Waals surface area contributed by atoms with Gasteiger partial charge in [0.2, 0.25) is 0 Å². The van der Waals surface area contributed by atoms with Crippen LogP contribution < -0.4 is 0 Å². The van der Waals surface area contributed by atoms with Gasteiger partial charge in [0.25, 0.3) is 0 Å². The Morgan fingerprint density at radius 2 is 1.85 bits per heavy atom. The van der Waals surface area contributed by atoms with E-state index >= 15 is 0 Å². The standard InChI is InChI=1S/C33H51N/c1-11-14-23-33(9,32(8,22-12-2)24-21-26(4)5)30-20-17-19-29(18-15-16-25-34-10)31(30)28(7)27(6)13-3/h12,14-17,19,22-23,25,30H,4,11,13,18,20-21,24H2,1-3,5-10H3/b16-15-,22-12?,23-14?,28-27-,34-25-. The zero-order chi connectivity index (χ0) is 25.8. The van der Waals surface area contributed by atoms with E-state index in [0.29, 0.717) is 5.92 Å². The Morgan fingerprint density at radius 3 is 2.41 bits per heavy atom. The molecule has 188 valence electrons. The highest BCUT2D eigenvalue weighted by molar-refractivity contribution is 5.70. The summed E-state index contributed by atoms with van der Waals surface area (Å²) in [6.07, 6.45) is 26.9. The monoisotopic (exact) mass is 461 g/mol. The van der Waals surface area contributed by atoms with Crippen molar-refractivity contribution in [3.8, 4) is 0 Å². The van der Waals surface area contributed by atoms with Crippen molar-refractivity contribution in [2.24, 2.45) is 21.7 Å². The third-order valence-corrected chi connectivity index (χ3v) is 7.93. The van der Waals surface area contributed by atoms with E-state index in [1.165, 1.54) is 22.3 Å². The summed E-state index contributed by atoms with van der Waals surface area (Å²) < 4.78 is 0. The van der Waals surface area contributed by atoms with Crippen molar-refractivity contribution < 1.29 is 0 Å². The zero-order valence-corrected chi connectivity index (χ0v) is 23.7. The second kappa shape index (κ2) is 14.3. The average molecular weight is 462 g/mol. The van der Waals surface area contributed by atoms with Crippen LogP contribution in [0.25, 0.3) is 0 Å². The number of rotatable bonds is 13. The number of nitrogens with zero attached hydrogens (tertiary/aromatic N) is 1. The molecule has 3 unspecified atom stereocenters. The highest BCUT2D eigenvalue weighted by Gasteiger charge is 2.47. The number of allylic oxidation sites excluding steroid dienone is 13. The molecule has 0 amide bonds. The maximum Gasteiger partial charge on any atom is 0.0277 e. The summed E-state index contributed by atoms with van der Waals surface area (Å²) in [6, 6.07) is 0. The fraction of sp³-hybridized carbons (Fsp3) is 0.545. The number of hydrogen-bond acceptors (Lipinski definition) is 1. The predicted octanol–water partition coefficient (Wildman–Crippen LogP) is 10.2. The summed E-state index contributed by atoms with van der Waals surface area (Å²) in [5.74, 6) is 0.413. The van der Waals surface area contributed by atoms with E-state index in [1.54, 1.807) is 5.57 Å². The quantitative estimate of drug-likeness (QED) is 0.191. The van der Waals surface area contributed by atoms with Crippen molar-refractivity contribution in [1.29, 1.82) is 0 Å². The molecule has 0 bridgehead atoms. The maximum atomic E-state index is 4.23. The van der Waals surface area contributed by atoms with Crippen LogP contribution in [0, 0.1) is 16.7 Å². The summed E-state index contributed by atoms with van der Waals surface area (Å²) in [6.45, 7) is 22.7. The Morgan fingerprint density at radius 1 is 1.15 bits per heavy atom. The molecule has 1 rings (SSSR count). The van der Waals surface area contributed by atoms with Crippen molar-refractivity contribution in [3.05, 3.63) is 83.1 Å². The molecule has 0 heterocycles. The van der Waals surface area contributed by atoms with Gasteiger partial charge in [0, 0.05) is 18.7 Å². The Kier molecular flexibility index (Phi) is 12.6. The Hall–Kier alpha value is -2.15. The molecule has 0 fully saturated rings. The zero-order valence-electron chi connectivity index (χ0n) is 23.7. The van der Waals surface area contributed by atoms with Crippen LogP contribution in [0.5, 0.6) is 0 Å². The van der Waals surface area contributed by atoms with Crippen molar-refractivity contribution in [3.63, 3.8) is 0 Å². The van der Waals surface area contributed by atoms with Crippen LogP contribution in [0.1, 0.15) is 93.9 Å². The van der Waals surface area contributed by atoms with Gasteiger partial charge in [0.05, 0.1) is 0 Å². The van der Waals surface area contributed by atoms with E-state index in [-0.39, 0.29) is 10.8 Å². The normalized spacial score (nSPS) is 21.6. The highest BCUT2D eigenvalue weighted by Crippen LogP contribution is 2.56. The molecule has 3 atom stereocenters. The Labute approximate surface area is 211 Å². The van der Waals surface area contributed by atoms with E-state index in [2.05, 4.69) is 116 Å². The Bertz CT molecular complexity index is 886. The van der Waals surface area contributed by atoms with E-state index in [9.17, 15) is 0 Å². The molecule has 0 aromatic rings. The van der Waals surface area contributed by atoms with Gasteiger partial charge in [-0.05, 0) is 100 Å². The summed E-state index contributed by atoms with van der Waals surface area (Å²) in [7, 11) is 1.82. The molecule has 0 aliphatic heterocycles. The van der Waals surface area contributed by atoms with Crippen LogP contribution in [0.4, 0.5) is 0 Å². The fourth-order valence-electron chi connectivity index (χ4n) is 5.28. The first-order valence-corrected chi connectivity index (χ1v) is 13.2.